The van der Waals surface area contributed by atoms with Gasteiger partial charge >= 0.3 is 0 Å². The van der Waals surface area contributed by atoms with E-state index in [1.807, 2.05) is 0 Å². The van der Waals surface area contributed by atoms with Gasteiger partial charge in [-0.05, 0) is 126 Å². The van der Waals surface area contributed by atoms with Crippen LogP contribution < -0.4 is 4.90 Å². The molecular weight excluding hydrogens is 675 g/mol. The number of hydrogen-bond donors (Lipinski definition) is 0. The quantitative estimate of drug-likeness (QED) is 0.159. The summed E-state index contributed by atoms with van der Waals surface area (Å²) in [5.41, 5.74) is 18.5. The molecule has 9 aromatic rings. The van der Waals surface area contributed by atoms with Crippen LogP contribution in [0.25, 0.3) is 66.4 Å². The van der Waals surface area contributed by atoms with Crippen molar-refractivity contribution >= 4 is 27.8 Å². The maximum Gasteiger partial charge on any atom is 0.0462 e. The highest BCUT2D eigenvalue weighted by Crippen LogP contribution is 2.51. The van der Waals surface area contributed by atoms with Gasteiger partial charge in [0.05, 0.1) is 0 Å². The van der Waals surface area contributed by atoms with Gasteiger partial charge in [0.15, 0.2) is 0 Å². The fourth-order valence-electron chi connectivity index (χ4n) is 8.68. The average Bonchev–Trinajstić information content (AvgIpc) is 3.49. The Bertz CT molecular complexity index is 2830. The zero-order valence-corrected chi connectivity index (χ0v) is 31.7. The largest absolute Gasteiger partial charge is 0.311 e. The van der Waals surface area contributed by atoms with E-state index in [2.05, 4.69) is 231 Å². The maximum absolute atomic E-state index is 2.42. The van der Waals surface area contributed by atoms with Crippen molar-refractivity contribution in [2.45, 2.75) is 19.3 Å². The molecular formula is C55H41N. The van der Waals surface area contributed by atoms with Gasteiger partial charge in [0, 0.05) is 22.5 Å². The Kier molecular flexibility index (Phi) is 8.23. The summed E-state index contributed by atoms with van der Waals surface area (Å²) in [5.74, 6) is 0. The van der Waals surface area contributed by atoms with E-state index in [1.165, 1.54) is 77.5 Å². The number of rotatable bonds is 7. The molecule has 0 saturated heterocycles. The van der Waals surface area contributed by atoms with E-state index in [0.717, 1.165) is 17.1 Å². The predicted molar refractivity (Wildman–Crippen MR) is 238 cm³/mol. The standard InChI is InChI=1S/C55H41N/c1-55(2)53-36-44(39-14-7-4-8-15-39)26-34-51(53)52-35-27-45(37-54(52)55)41-22-30-47(31-23-41)56(46-28-20-40(21-29-46)38-12-5-3-6-13-38)48-32-24-43(25-33-48)50-19-11-17-42-16-9-10-18-49(42)50/h3-37H,1-2H3. The molecule has 0 spiro atoms. The van der Waals surface area contributed by atoms with E-state index in [1.54, 1.807) is 0 Å². The van der Waals surface area contributed by atoms with Gasteiger partial charge < -0.3 is 4.90 Å². The number of benzene rings is 9. The molecule has 0 N–H and O–H groups in total. The van der Waals surface area contributed by atoms with Crippen molar-refractivity contribution in [2.24, 2.45) is 0 Å². The van der Waals surface area contributed by atoms with Gasteiger partial charge in [-0.2, -0.15) is 0 Å². The molecule has 1 nitrogen and oxygen atoms in total. The molecule has 0 fully saturated rings. The summed E-state index contributed by atoms with van der Waals surface area (Å²) in [7, 11) is 0. The monoisotopic (exact) mass is 715 g/mol. The van der Waals surface area contributed by atoms with Crippen molar-refractivity contribution < 1.29 is 0 Å². The van der Waals surface area contributed by atoms with E-state index >= 15 is 0 Å². The molecule has 9 aromatic carbocycles. The smallest absolute Gasteiger partial charge is 0.0462 e. The minimum absolute atomic E-state index is 0.105. The molecule has 1 aliphatic carbocycles. The number of nitrogens with zero attached hydrogens (tertiary/aromatic N) is 1. The van der Waals surface area contributed by atoms with E-state index in [0.29, 0.717) is 0 Å². The second-order valence-electron chi connectivity index (χ2n) is 15.4. The highest BCUT2D eigenvalue weighted by atomic mass is 15.1. The van der Waals surface area contributed by atoms with Crippen LogP contribution in [0.2, 0.25) is 0 Å². The normalized spacial score (nSPS) is 12.6. The Hall–Kier alpha value is -6.96. The lowest BCUT2D eigenvalue weighted by molar-refractivity contribution is 0.661. The topological polar surface area (TPSA) is 3.24 Å². The van der Waals surface area contributed by atoms with Gasteiger partial charge in [-0.1, -0.05) is 178 Å². The lowest BCUT2D eigenvalue weighted by Gasteiger charge is -2.26. The van der Waals surface area contributed by atoms with E-state index in [9.17, 15) is 0 Å². The Labute approximate surface area is 329 Å². The summed E-state index contributed by atoms with van der Waals surface area (Å²) < 4.78 is 0. The van der Waals surface area contributed by atoms with Gasteiger partial charge in [0.1, 0.15) is 0 Å². The summed E-state index contributed by atoms with van der Waals surface area (Å²) in [4.78, 5) is 2.36. The molecule has 1 heteroatoms. The van der Waals surface area contributed by atoms with Gasteiger partial charge in [-0.3, -0.25) is 0 Å². The lowest BCUT2D eigenvalue weighted by Crippen LogP contribution is -2.15. The molecule has 56 heavy (non-hydrogen) atoms. The first kappa shape index (κ1) is 33.6. The molecule has 0 saturated carbocycles. The molecule has 266 valence electrons. The van der Waals surface area contributed by atoms with Crippen LogP contribution in [0, 0.1) is 0 Å². The Morgan fingerprint density at radius 1 is 0.304 bits per heavy atom. The van der Waals surface area contributed by atoms with Gasteiger partial charge in [0.2, 0.25) is 0 Å². The van der Waals surface area contributed by atoms with Crippen molar-refractivity contribution in [3.8, 4) is 55.6 Å². The molecule has 0 amide bonds. The maximum atomic E-state index is 2.42. The Balaban J connectivity index is 0.998. The first-order valence-electron chi connectivity index (χ1n) is 19.5. The van der Waals surface area contributed by atoms with E-state index < -0.39 is 0 Å². The van der Waals surface area contributed by atoms with Gasteiger partial charge in [-0.15, -0.1) is 0 Å². The number of hydrogen-bond acceptors (Lipinski definition) is 1. The van der Waals surface area contributed by atoms with Crippen LogP contribution in [0.4, 0.5) is 17.1 Å². The lowest BCUT2D eigenvalue weighted by atomic mass is 9.81. The van der Waals surface area contributed by atoms with Crippen molar-refractivity contribution in [3.63, 3.8) is 0 Å². The van der Waals surface area contributed by atoms with Crippen LogP contribution in [0.15, 0.2) is 212 Å². The zero-order chi connectivity index (χ0) is 37.6. The summed E-state index contributed by atoms with van der Waals surface area (Å²) in [6.07, 6.45) is 0. The zero-order valence-electron chi connectivity index (χ0n) is 31.7. The highest BCUT2D eigenvalue weighted by molar-refractivity contribution is 5.97. The molecule has 1 aliphatic rings. The third-order valence-corrected chi connectivity index (χ3v) is 11.7. The van der Waals surface area contributed by atoms with Crippen LogP contribution in [-0.4, -0.2) is 0 Å². The van der Waals surface area contributed by atoms with Gasteiger partial charge in [0.25, 0.3) is 0 Å². The first-order chi connectivity index (χ1) is 27.5. The number of fused-ring (bicyclic) bond motifs is 4. The third kappa shape index (κ3) is 5.90. The minimum atomic E-state index is -0.105. The van der Waals surface area contributed by atoms with Crippen molar-refractivity contribution in [2.75, 3.05) is 4.90 Å². The fraction of sp³-hybridized carbons (Fsp3) is 0.0545. The minimum Gasteiger partial charge on any atom is -0.311 e. The molecule has 0 bridgehead atoms. The second kappa shape index (κ2) is 13.7. The summed E-state index contributed by atoms with van der Waals surface area (Å²) in [6, 6.07) is 77.5. The highest BCUT2D eigenvalue weighted by Gasteiger charge is 2.36. The Morgan fingerprint density at radius 3 is 1.23 bits per heavy atom. The first-order valence-corrected chi connectivity index (χ1v) is 19.5. The second-order valence-corrected chi connectivity index (χ2v) is 15.4. The van der Waals surface area contributed by atoms with Crippen LogP contribution in [0.5, 0.6) is 0 Å². The summed E-state index contributed by atoms with van der Waals surface area (Å²) in [5, 5.41) is 2.52. The van der Waals surface area contributed by atoms with Crippen molar-refractivity contribution in [1.82, 2.24) is 0 Å². The fourth-order valence-corrected chi connectivity index (χ4v) is 8.68. The van der Waals surface area contributed by atoms with Crippen LogP contribution in [-0.2, 0) is 5.41 Å². The van der Waals surface area contributed by atoms with Crippen LogP contribution >= 0.6 is 0 Å². The molecule has 0 radical (unpaired) electrons. The third-order valence-electron chi connectivity index (χ3n) is 11.7. The SMILES string of the molecule is CC1(C)c2cc(-c3ccccc3)ccc2-c2ccc(-c3ccc(N(c4ccc(-c5ccccc5)cc4)c4ccc(-c5cccc6ccccc56)cc4)cc3)cc21. The van der Waals surface area contributed by atoms with Crippen LogP contribution in [0.3, 0.4) is 0 Å². The van der Waals surface area contributed by atoms with E-state index in [-0.39, 0.29) is 5.41 Å². The number of anilines is 3. The van der Waals surface area contributed by atoms with E-state index in [4.69, 9.17) is 0 Å². The molecule has 0 heterocycles. The molecule has 0 aromatic heterocycles. The summed E-state index contributed by atoms with van der Waals surface area (Å²) >= 11 is 0. The van der Waals surface area contributed by atoms with Crippen molar-refractivity contribution in [3.05, 3.63) is 223 Å². The molecule has 0 aliphatic heterocycles. The molecule has 0 atom stereocenters. The molecule has 10 rings (SSSR count). The predicted octanol–water partition coefficient (Wildman–Crippen LogP) is 15.3. The molecule has 0 unspecified atom stereocenters. The van der Waals surface area contributed by atoms with Crippen LogP contribution in [0.1, 0.15) is 25.0 Å². The van der Waals surface area contributed by atoms with Crippen molar-refractivity contribution in [1.29, 1.82) is 0 Å². The summed E-state index contributed by atoms with van der Waals surface area (Å²) in [6.45, 7) is 4.73. The van der Waals surface area contributed by atoms with Gasteiger partial charge in [-0.25, -0.2) is 0 Å². The average molecular weight is 716 g/mol. The Morgan fingerprint density at radius 2 is 0.696 bits per heavy atom.